The molecule has 0 amide bonds. The molecular formula is C22H31N7O. The van der Waals surface area contributed by atoms with Crippen LogP contribution in [0.1, 0.15) is 43.4 Å². The lowest BCUT2D eigenvalue weighted by Gasteiger charge is -2.41. The molecule has 0 aromatic carbocycles. The third-order valence-electron chi connectivity index (χ3n) is 6.95. The highest BCUT2D eigenvalue weighted by Gasteiger charge is 2.44. The molecule has 2 fully saturated rings. The van der Waals surface area contributed by atoms with Gasteiger partial charge >= 0.3 is 0 Å². The first-order chi connectivity index (χ1) is 14.5. The van der Waals surface area contributed by atoms with E-state index in [2.05, 4.69) is 30.8 Å². The van der Waals surface area contributed by atoms with E-state index in [-0.39, 0.29) is 11.5 Å². The Morgan fingerprint density at radius 3 is 2.57 bits per heavy atom. The topological polar surface area (TPSA) is 81.5 Å². The van der Waals surface area contributed by atoms with Crippen LogP contribution in [-0.4, -0.2) is 71.4 Å². The summed E-state index contributed by atoms with van der Waals surface area (Å²) in [6.45, 7) is 3.65. The highest BCUT2D eigenvalue weighted by molar-refractivity contribution is 5.52. The van der Waals surface area contributed by atoms with E-state index in [9.17, 15) is 5.11 Å². The van der Waals surface area contributed by atoms with Gasteiger partial charge in [-0.05, 0) is 44.1 Å². The molecule has 2 aromatic heterocycles. The van der Waals surface area contributed by atoms with Crippen LogP contribution >= 0.6 is 0 Å². The summed E-state index contributed by atoms with van der Waals surface area (Å²) >= 11 is 0. The van der Waals surface area contributed by atoms with E-state index in [0.29, 0.717) is 0 Å². The van der Waals surface area contributed by atoms with Crippen LogP contribution in [0.15, 0.2) is 18.6 Å². The van der Waals surface area contributed by atoms with E-state index in [0.717, 1.165) is 75.9 Å². The minimum Gasteiger partial charge on any atom is -0.393 e. The summed E-state index contributed by atoms with van der Waals surface area (Å²) in [6.07, 6.45) is 9.63. The maximum Gasteiger partial charge on any atom is 0.225 e. The minimum absolute atomic E-state index is 0.0850. The van der Waals surface area contributed by atoms with Gasteiger partial charge in [0.2, 0.25) is 5.95 Å². The summed E-state index contributed by atoms with van der Waals surface area (Å²) in [5.74, 6) is 2.76. The van der Waals surface area contributed by atoms with Gasteiger partial charge in [-0.25, -0.2) is 19.9 Å². The number of rotatable bonds is 3. The number of nitrogens with zero attached hydrogens (tertiary/aromatic N) is 7. The summed E-state index contributed by atoms with van der Waals surface area (Å²) < 4.78 is 0. The molecular weight excluding hydrogens is 378 g/mol. The highest BCUT2D eigenvalue weighted by Crippen LogP contribution is 2.45. The molecule has 1 aliphatic carbocycles. The van der Waals surface area contributed by atoms with Gasteiger partial charge in [-0.2, -0.15) is 0 Å². The molecule has 1 N–H and O–H groups in total. The van der Waals surface area contributed by atoms with Crippen LogP contribution in [0.3, 0.4) is 0 Å². The Morgan fingerprint density at radius 2 is 1.80 bits per heavy atom. The van der Waals surface area contributed by atoms with Crippen molar-refractivity contribution in [3.05, 3.63) is 29.8 Å². The van der Waals surface area contributed by atoms with Gasteiger partial charge in [0.1, 0.15) is 18.0 Å². The number of aryl methyl sites for hydroxylation is 1. The van der Waals surface area contributed by atoms with Crippen LogP contribution in [0.25, 0.3) is 0 Å². The zero-order chi connectivity index (χ0) is 20.7. The zero-order valence-corrected chi connectivity index (χ0v) is 18.0. The van der Waals surface area contributed by atoms with Crippen molar-refractivity contribution in [2.24, 2.45) is 0 Å². The van der Waals surface area contributed by atoms with Crippen molar-refractivity contribution in [2.45, 2.75) is 50.0 Å². The van der Waals surface area contributed by atoms with Gasteiger partial charge in [-0.1, -0.05) is 0 Å². The third-order valence-corrected chi connectivity index (χ3v) is 6.95. The minimum atomic E-state index is -0.180. The zero-order valence-electron chi connectivity index (χ0n) is 18.0. The average Bonchev–Trinajstić information content (AvgIpc) is 3.11. The van der Waals surface area contributed by atoms with Gasteiger partial charge in [-0.3, -0.25) is 0 Å². The van der Waals surface area contributed by atoms with Crippen molar-refractivity contribution in [3.63, 3.8) is 0 Å². The lowest BCUT2D eigenvalue weighted by molar-refractivity contribution is 0.145. The molecule has 0 saturated carbocycles. The van der Waals surface area contributed by atoms with Crippen LogP contribution in [-0.2, 0) is 11.8 Å². The molecule has 2 aromatic rings. The van der Waals surface area contributed by atoms with E-state index >= 15 is 0 Å². The Hall–Kier alpha value is -2.48. The molecule has 3 aliphatic rings. The van der Waals surface area contributed by atoms with Crippen LogP contribution in [0.5, 0.6) is 0 Å². The SMILES string of the molecule is CN(C)c1ncc2c(n1)C1(CCCN(c3cc(N4CCC(O)CC4)ncn3)C1)CC2. The van der Waals surface area contributed by atoms with E-state index in [1.807, 2.05) is 25.2 Å². The first-order valence-corrected chi connectivity index (χ1v) is 11.1. The lowest BCUT2D eigenvalue weighted by atomic mass is 9.77. The van der Waals surface area contributed by atoms with Crippen molar-refractivity contribution in [3.8, 4) is 0 Å². The Balaban J connectivity index is 1.40. The molecule has 0 radical (unpaired) electrons. The molecule has 5 rings (SSSR count). The molecule has 1 atom stereocenters. The molecule has 1 unspecified atom stereocenters. The number of aliphatic hydroxyl groups excluding tert-OH is 1. The molecule has 30 heavy (non-hydrogen) atoms. The summed E-state index contributed by atoms with van der Waals surface area (Å²) in [6, 6.07) is 2.12. The average molecular weight is 410 g/mol. The first-order valence-electron chi connectivity index (χ1n) is 11.1. The molecule has 4 heterocycles. The van der Waals surface area contributed by atoms with Crippen LogP contribution in [0, 0.1) is 0 Å². The highest BCUT2D eigenvalue weighted by atomic mass is 16.3. The number of anilines is 3. The largest absolute Gasteiger partial charge is 0.393 e. The second-order valence-electron chi connectivity index (χ2n) is 9.20. The van der Waals surface area contributed by atoms with Gasteiger partial charge < -0.3 is 19.8 Å². The smallest absolute Gasteiger partial charge is 0.225 e. The van der Waals surface area contributed by atoms with Gasteiger partial charge in [0.05, 0.1) is 11.8 Å². The van der Waals surface area contributed by atoms with E-state index in [1.54, 1.807) is 6.33 Å². The van der Waals surface area contributed by atoms with Crippen molar-refractivity contribution in [2.75, 3.05) is 55.0 Å². The summed E-state index contributed by atoms with van der Waals surface area (Å²) in [5, 5.41) is 9.80. The van der Waals surface area contributed by atoms with Gasteiger partial charge in [0.25, 0.3) is 0 Å². The molecule has 2 aliphatic heterocycles. The van der Waals surface area contributed by atoms with Crippen molar-refractivity contribution in [1.29, 1.82) is 0 Å². The fourth-order valence-electron chi connectivity index (χ4n) is 5.25. The molecule has 8 nitrogen and oxygen atoms in total. The quantitative estimate of drug-likeness (QED) is 0.822. The molecule has 1 spiro atoms. The number of fused-ring (bicyclic) bond motifs is 2. The van der Waals surface area contributed by atoms with Crippen LogP contribution < -0.4 is 14.7 Å². The van der Waals surface area contributed by atoms with E-state index in [1.165, 1.54) is 17.7 Å². The Morgan fingerprint density at radius 1 is 1.03 bits per heavy atom. The van der Waals surface area contributed by atoms with Crippen molar-refractivity contribution < 1.29 is 5.11 Å². The fourth-order valence-corrected chi connectivity index (χ4v) is 5.25. The summed E-state index contributed by atoms with van der Waals surface area (Å²) in [7, 11) is 4.00. The maximum atomic E-state index is 9.80. The predicted molar refractivity (Wildman–Crippen MR) is 117 cm³/mol. The lowest BCUT2D eigenvalue weighted by Crippen LogP contribution is -2.46. The van der Waals surface area contributed by atoms with Crippen molar-refractivity contribution in [1.82, 2.24) is 19.9 Å². The summed E-state index contributed by atoms with van der Waals surface area (Å²) in [5.41, 5.74) is 2.63. The standard InChI is InChI=1S/C22H31N7O/c1-27(2)21-23-13-16-4-8-22(20(16)26-21)7-3-9-29(14-22)19-12-18(24-15-25-19)28-10-5-17(30)6-11-28/h12-13,15,17,30H,3-11,14H2,1-2H3. The number of aliphatic hydroxyl groups is 1. The predicted octanol–water partition coefficient (Wildman–Crippen LogP) is 1.78. The first kappa shape index (κ1) is 19.5. The third kappa shape index (κ3) is 3.47. The Kier molecular flexibility index (Phi) is 4.97. The van der Waals surface area contributed by atoms with Crippen molar-refractivity contribution >= 4 is 17.6 Å². The summed E-state index contributed by atoms with van der Waals surface area (Å²) in [4.78, 5) is 25.3. The number of hydrogen-bond donors (Lipinski definition) is 1. The van der Waals surface area contributed by atoms with Crippen LogP contribution in [0.2, 0.25) is 0 Å². The molecule has 160 valence electrons. The second-order valence-corrected chi connectivity index (χ2v) is 9.20. The Bertz CT molecular complexity index is 908. The number of hydrogen-bond acceptors (Lipinski definition) is 8. The fraction of sp³-hybridized carbons (Fsp3) is 0.636. The number of piperidine rings is 2. The normalized spacial score (nSPS) is 24.4. The van der Waals surface area contributed by atoms with Crippen LogP contribution in [0.4, 0.5) is 17.6 Å². The maximum absolute atomic E-state index is 9.80. The second kappa shape index (κ2) is 7.65. The monoisotopic (exact) mass is 409 g/mol. The van der Waals surface area contributed by atoms with E-state index in [4.69, 9.17) is 4.98 Å². The van der Waals surface area contributed by atoms with Gasteiger partial charge in [0.15, 0.2) is 0 Å². The van der Waals surface area contributed by atoms with Gasteiger partial charge in [0, 0.05) is 58.0 Å². The Labute approximate surface area is 178 Å². The van der Waals surface area contributed by atoms with E-state index < -0.39 is 0 Å². The van der Waals surface area contributed by atoms with Gasteiger partial charge in [-0.15, -0.1) is 0 Å². The number of aromatic nitrogens is 4. The molecule has 8 heteroatoms. The molecule has 0 bridgehead atoms. The molecule has 2 saturated heterocycles.